The van der Waals surface area contributed by atoms with Gasteiger partial charge in [-0.15, -0.1) is 0 Å². The molecule has 0 aliphatic heterocycles. The molecule has 0 saturated heterocycles. The normalized spacial score (nSPS) is 13.0. The molecular weight excluding hydrogens is 196 g/mol. The average molecular weight is 220 g/mol. The summed E-state index contributed by atoms with van der Waals surface area (Å²) >= 11 is 0. The summed E-state index contributed by atoms with van der Waals surface area (Å²) in [6.07, 6.45) is 1.93. The maximum Gasteiger partial charge on any atom is 0.0701 e. The van der Waals surface area contributed by atoms with Crippen LogP contribution < -0.4 is 0 Å². The van der Waals surface area contributed by atoms with Crippen LogP contribution in [0.15, 0.2) is 0 Å². The van der Waals surface area contributed by atoms with E-state index in [4.69, 9.17) is 19.3 Å². The van der Waals surface area contributed by atoms with E-state index in [9.17, 15) is 0 Å². The lowest BCUT2D eigenvalue weighted by atomic mass is 10.1. The van der Waals surface area contributed by atoms with Gasteiger partial charge in [0, 0.05) is 20.3 Å². The highest BCUT2D eigenvalue weighted by Gasteiger charge is 2.03. The van der Waals surface area contributed by atoms with Crippen LogP contribution in [0.3, 0.4) is 0 Å². The molecule has 0 aliphatic rings. The van der Waals surface area contributed by atoms with Crippen molar-refractivity contribution < 1.29 is 19.3 Å². The Balaban J connectivity index is 3.04. The van der Waals surface area contributed by atoms with Gasteiger partial charge in [0.05, 0.1) is 26.4 Å². The Labute approximate surface area is 92.5 Å². The van der Waals surface area contributed by atoms with Crippen LogP contribution in [0.25, 0.3) is 0 Å². The molecule has 0 aliphatic carbocycles. The first kappa shape index (κ1) is 14.8. The highest BCUT2D eigenvalue weighted by Crippen LogP contribution is 2.06. The van der Waals surface area contributed by atoms with Crippen LogP contribution >= 0.6 is 0 Å². The molecule has 4 heteroatoms. The number of aliphatic hydroxyl groups excluding tert-OH is 1. The highest BCUT2D eigenvalue weighted by molar-refractivity contribution is 4.53. The molecule has 0 aromatic rings. The second-order valence-electron chi connectivity index (χ2n) is 3.46. The van der Waals surface area contributed by atoms with Crippen molar-refractivity contribution in [2.24, 2.45) is 5.92 Å². The summed E-state index contributed by atoms with van der Waals surface area (Å²) in [5.41, 5.74) is 0. The first-order chi connectivity index (χ1) is 7.35. The van der Waals surface area contributed by atoms with Gasteiger partial charge < -0.3 is 19.3 Å². The Morgan fingerprint density at radius 2 is 1.60 bits per heavy atom. The van der Waals surface area contributed by atoms with Crippen LogP contribution in [0.1, 0.15) is 19.8 Å². The predicted octanol–water partition coefficient (Wildman–Crippen LogP) is 1.07. The molecule has 0 radical (unpaired) electrons. The van der Waals surface area contributed by atoms with Gasteiger partial charge in [-0.1, -0.05) is 13.3 Å². The number of rotatable bonds is 11. The van der Waals surface area contributed by atoms with Gasteiger partial charge in [-0.05, 0) is 12.3 Å². The van der Waals surface area contributed by atoms with E-state index in [1.807, 2.05) is 0 Å². The lowest BCUT2D eigenvalue weighted by Gasteiger charge is -2.11. The number of hydrogen-bond donors (Lipinski definition) is 1. The lowest BCUT2D eigenvalue weighted by molar-refractivity contribution is 0.0200. The van der Waals surface area contributed by atoms with Crippen LogP contribution in [0.4, 0.5) is 0 Å². The van der Waals surface area contributed by atoms with Gasteiger partial charge >= 0.3 is 0 Å². The zero-order valence-corrected chi connectivity index (χ0v) is 9.91. The molecule has 4 nitrogen and oxygen atoms in total. The monoisotopic (exact) mass is 220 g/mol. The van der Waals surface area contributed by atoms with Gasteiger partial charge in [0.2, 0.25) is 0 Å². The van der Waals surface area contributed by atoms with Crippen molar-refractivity contribution in [2.75, 3.05) is 46.8 Å². The average Bonchev–Trinajstić information content (AvgIpc) is 2.27. The quantitative estimate of drug-likeness (QED) is 0.529. The van der Waals surface area contributed by atoms with Crippen molar-refractivity contribution in [3.05, 3.63) is 0 Å². The molecule has 0 spiro atoms. The summed E-state index contributed by atoms with van der Waals surface area (Å²) in [6, 6.07) is 0. The molecule has 15 heavy (non-hydrogen) atoms. The SMILES string of the molecule is CCC(CO)CCOCCOCCOC. The van der Waals surface area contributed by atoms with Crippen molar-refractivity contribution >= 4 is 0 Å². The van der Waals surface area contributed by atoms with Gasteiger partial charge in [0.15, 0.2) is 0 Å². The summed E-state index contributed by atoms with van der Waals surface area (Å²) in [6.45, 7) is 5.51. The minimum absolute atomic E-state index is 0.254. The fourth-order valence-corrected chi connectivity index (χ4v) is 1.14. The Morgan fingerprint density at radius 3 is 2.13 bits per heavy atom. The number of aliphatic hydroxyl groups is 1. The van der Waals surface area contributed by atoms with Crippen LogP contribution in [-0.4, -0.2) is 51.9 Å². The van der Waals surface area contributed by atoms with Crippen molar-refractivity contribution in [1.29, 1.82) is 0 Å². The first-order valence-electron chi connectivity index (χ1n) is 5.60. The fraction of sp³-hybridized carbons (Fsp3) is 1.00. The zero-order chi connectivity index (χ0) is 11.4. The summed E-state index contributed by atoms with van der Waals surface area (Å²) in [5.74, 6) is 0.374. The third-order valence-corrected chi connectivity index (χ3v) is 2.31. The Morgan fingerprint density at radius 1 is 1.00 bits per heavy atom. The molecule has 0 amide bonds. The van der Waals surface area contributed by atoms with E-state index < -0.39 is 0 Å². The summed E-state index contributed by atoms with van der Waals surface area (Å²) in [5, 5.41) is 8.93. The van der Waals surface area contributed by atoms with E-state index in [0.717, 1.165) is 12.8 Å². The van der Waals surface area contributed by atoms with Crippen LogP contribution in [0, 0.1) is 5.92 Å². The number of ether oxygens (including phenoxy) is 3. The molecule has 92 valence electrons. The predicted molar refractivity (Wildman–Crippen MR) is 59.0 cm³/mol. The van der Waals surface area contributed by atoms with Crippen LogP contribution in [0.2, 0.25) is 0 Å². The van der Waals surface area contributed by atoms with E-state index in [0.29, 0.717) is 39.0 Å². The molecule has 0 aromatic carbocycles. The topological polar surface area (TPSA) is 47.9 Å². The molecule has 0 aromatic heterocycles. The Kier molecular flexibility index (Phi) is 11.8. The molecule has 0 heterocycles. The second kappa shape index (κ2) is 11.9. The summed E-state index contributed by atoms with van der Waals surface area (Å²) in [4.78, 5) is 0. The fourth-order valence-electron chi connectivity index (χ4n) is 1.14. The van der Waals surface area contributed by atoms with Gasteiger partial charge in [0.1, 0.15) is 0 Å². The van der Waals surface area contributed by atoms with E-state index in [1.54, 1.807) is 7.11 Å². The van der Waals surface area contributed by atoms with Crippen molar-refractivity contribution in [3.8, 4) is 0 Å². The van der Waals surface area contributed by atoms with Crippen molar-refractivity contribution in [2.45, 2.75) is 19.8 Å². The van der Waals surface area contributed by atoms with Crippen LogP contribution in [0.5, 0.6) is 0 Å². The second-order valence-corrected chi connectivity index (χ2v) is 3.46. The smallest absolute Gasteiger partial charge is 0.0701 e. The number of hydrogen-bond acceptors (Lipinski definition) is 4. The number of methoxy groups -OCH3 is 1. The molecule has 1 unspecified atom stereocenters. The van der Waals surface area contributed by atoms with Gasteiger partial charge in [0.25, 0.3) is 0 Å². The largest absolute Gasteiger partial charge is 0.396 e. The third-order valence-electron chi connectivity index (χ3n) is 2.31. The van der Waals surface area contributed by atoms with Gasteiger partial charge in [-0.2, -0.15) is 0 Å². The Bertz CT molecular complexity index is 115. The maximum absolute atomic E-state index is 8.93. The molecule has 0 fully saturated rings. The van der Waals surface area contributed by atoms with Crippen LogP contribution in [-0.2, 0) is 14.2 Å². The maximum atomic E-state index is 8.93. The van der Waals surface area contributed by atoms with Crippen molar-refractivity contribution in [1.82, 2.24) is 0 Å². The summed E-state index contributed by atoms with van der Waals surface area (Å²) < 4.78 is 15.4. The highest BCUT2D eigenvalue weighted by atomic mass is 16.5. The molecule has 1 N–H and O–H groups in total. The molecule has 1 atom stereocenters. The van der Waals surface area contributed by atoms with E-state index >= 15 is 0 Å². The first-order valence-corrected chi connectivity index (χ1v) is 5.60. The zero-order valence-electron chi connectivity index (χ0n) is 9.91. The summed E-state index contributed by atoms with van der Waals surface area (Å²) in [7, 11) is 1.65. The van der Waals surface area contributed by atoms with Crippen molar-refractivity contribution in [3.63, 3.8) is 0 Å². The molecule has 0 bridgehead atoms. The van der Waals surface area contributed by atoms with Gasteiger partial charge in [-0.25, -0.2) is 0 Å². The van der Waals surface area contributed by atoms with E-state index in [-0.39, 0.29) is 6.61 Å². The third kappa shape index (κ3) is 10.1. The molecule has 0 rings (SSSR count). The molecule has 0 saturated carbocycles. The minimum Gasteiger partial charge on any atom is -0.396 e. The lowest BCUT2D eigenvalue weighted by Crippen LogP contribution is -2.12. The van der Waals surface area contributed by atoms with E-state index in [2.05, 4.69) is 6.92 Å². The minimum atomic E-state index is 0.254. The standard InChI is InChI=1S/C11H24O4/c1-3-11(10-12)4-5-14-8-9-15-7-6-13-2/h11-12H,3-10H2,1-2H3. The Hall–Kier alpha value is -0.160. The molecular formula is C11H24O4. The van der Waals surface area contributed by atoms with E-state index in [1.165, 1.54) is 0 Å². The van der Waals surface area contributed by atoms with Gasteiger partial charge in [-0.3, -0.25) is 0 Å².